The summed E-state index contributed by atoms with van der Waals surface area (Å²) in [6, 6.07) is 0.0526. The van der Waals surface area contributed by atoms with Crippen molar-refractivity contribution in [3.05, 3.63) is 0 Å². The highest BCUT2D eigenvalue weighted by molar-refractivity contribution is 5.06. The number of rotatable bonds is 3. The van der Waals surface area contributed by atoms with E-state index >= 15 is 0 Å². The van der Waals surface area contributed by atoms with Gasteiger partial charge in [-0.1, -0.05) is 6.92 Å². The molecule has 118 valence electrons. The Morgan fingerprint density at radius 1 is 1.15 bits per heavy atom. The summed E-state index contributed by atoms with van der Waals surface area (Å²) in [5.74, 6) is 1.15. The normalized spacial score (nSPS) is 41.5. The van der Waals surface area contributed by atoms with E-state index in [-0.39, 0.29) is 22.8 Å². The summed E-state index contributed by atoms with van der Waals surface area (Å²) in [5.41, 5.74) is 6.33. The smallest absolute Gasteiger partial charge is 0.0832 e. The largest absolute Gasteiger partial charge is 0.377 e. The molecule has 0 aromatic heterocycles. The van der Waals surface area contributed by atoms with Crippen LogP contribution < -0.4 is 5.73 Å². The van der Waals surface area contributed by atoms with Crippen LogP contribution in [-0.2, 0) is 9.47 Å². The Hall–Kier alpha value is -0.120. The highest BCUT2D eigenvalue weighted by atomic mass is 16.5. The van der Waals surface area contributed by atoms with E-state index in [4.69, 9.17) is 15.2 Å². The molecule has 2 unspecified atom stereocenters. The summed E-state index contributed by atoms with van der Waals surface area (Å²) in [4.78, 5) is 0. The van der Waals surface area contributed by atoms with E-state index in [1.165, 1.54) is 12.8 Å². The molecule has 0 aromatic rings. The van der Waals surface area contributed by atoms with Crippen molar-refractivity contribution in [2.45, 2.75) is 89.6 Å². The van der Waals surface area contributed by atoms with Gasteiger partial charge in [0, 0.05) is 19.1 Å². The van der Waals surface area contributed by atoms with Gasteiger partial charge in [-0.2, -0.15) is 0 Å². The zero-order chi connectivity index (χ0) is 15.2. The van der Waals surface area contributed by atoms with Crippen molar-refractivity contribution in [3.8, 4) is 0 Å². The lowest BCUT2D eigenvalue weighted by Crippen LogP contribution is -2.58. The van der Waals surface area contributed by atoms with E-state index in [1.54, 1.807) is 0 Å². The van der Waals surface area contributed by atoms with Crippen molar-refractivity contribution in [2.24, 2.45) is 17.6 Å². The molecular formula is C17H33NO2. The van der Waals surface area contributed by atoms with Crippen LogP contribution in [0.25, 0.3) is 0 Å². The predicted molar refractivity (Wildman–Crippen MR) is 82.7 cm³/mol. The standard InChI is InChI=1S/C17H33NO2/c1-12-7-9-17(19-6,10-8-12)14(18)13-11-15(2,3)20-16(13,4)5/h12-14H,7-11,18H2,1-6H3. The SMILES string of the molecule is COC1(C(N)C2CC(C)(C)OC2(C)C)CCC(C)CC1. The fourth-order valence-corrected chi connectivity index (χ4v) is 4.46. The third kappa shape index (κ3) is 2.90. The van der Waals surface area contributed by atoms with Crippen LogP contribution in [0.4, 0.5) is 0 Å². The molecule has 2 fully saturated rings. The second kappa shape index (κ2) is 5.26. The minimum atomic E-state index is -0.169. The van der Waals surface area contributed by atoms with Crippen LogP contribution >= 0.6 is 0 Å². The fourth-order valence-electron chi connectivity index (χ4n) is 4.46. The van der Waals surface area contributed by atoms with Crippen molar-refractivity contribution in [3.63, 3.8) is 0 Å². The van der Waals surface area contributed by atoms with E-state index < -0.39 is 0 Å². The van der Waals surface area contributed by atoms with Crippen LogP contribution in [0.5, 0.6) is 0 Å². The summed E-state index contributed by atoms with van der Waals surface area (Å²) >= 11 is 0. The van der Waals surface area contributed by atoms with Gasteiger partial charge in [0.1, 0.15) is 0 Å². The molecular weight excluding hydrogens is 250 g/mol. The average Bonchev–Trinajstić information content (AvgIpc) is 2.58. The van der Waals surface area contributed by atoms with Crippen LogP contribution in [0, 0.1) is 11.8 Å². The molecule has 2 aliphatic rings. The zero-order valence-corrected chi connectivity index (χ0v) is 14.2. The van der Waals surface area contributed by atoms with Crippen molar-refractivity contribution >= 4 is 0 Å². The molecule has 20 heavy (non-hydrogen) atoms. The van der Waals surface area contributed by atoms with Gasteiger partial charge >= 0.3 is 0 Å². The minimum Gasteiger partial charge on any atom is -0.377 e. The summed E-state index contributed by atoms with van der Waals surface area (Å²) < 4.78 is 12.2. The van der Waals surface area contributed by atoms with Crippen molar-refractivity contribution in [1.82, 2.24) is 0 Å². The Labute approximate surface area is 124 Å². The Morgan fingerprint density at radius 2 is 1.70 bits per heavy atom. The topological polar surface area (TPSA) is 44.5 Å². The van der Waals surface area contributed by atoms with Gasteiger partial charge in [-0.15, -0.1) is 0 Å². The van der Waals surface area contributed by atoms with Crippen LogP contribution in [-0.4, -0.2) is 30.0 Å². The molecule has 2 rings (SSSR count). The van der Waals surface area contributed by atoms with E-state index in [1.807, 2.05) is 7.11 Å². The highest BCUT2D eigenvalue weighted by Gasteiger charge is 2.54. The first-order valence-corrected chi connectivity index (χ1v) is 8.13. The summed E-state index contributed by atoms with van der Waals surface area (Å²) in [7, 11) is 1.84. The predicted octanol–water partition coefficient (Wildman–Crippen LogP) is 3.50. The lowest BCUT2D eigenvalue weighted by Gasteiger charge is -2.46. The first-order valence-electron chi connectivity index (χ1n) is 8.13. The lowest BCUT2D eigenvalue weighted by atomic mass is 9.68. The van der Waals surface area contributed by atoms with Gasteiger partial charge in [0.15, 0.2) is 0 Å². The highest BCUT2D eigenvalue weighted by Crippen LogP contribution is 2.48. The van der Waals surface area contributed by atoms with Gasteiger partial charge in [-0.3, -0.25) is 0 Å². The van der Waals surface area contributed by atoms with E-state index in [2.05, 4.69) is 34.6 Å². The number of hydrogen-bond donors (Lipinski definition) is 1. The molecule has 3 heteroatoms. The number of hydrogen-bond acceptors (Lipinski definition) is 3. The molecule has 0 amide bonds. The first kappa shape index (κ1) is 16.3. The quantitative estimate of drug-likeness (QED) is 0.862. The van der Waals surface area contributed by atoms with Crippen LogP contribution in [0.15, 0.2) is 0 Å². The molecule has 1 aliphatic carbocycles. The fraction of sp³-hybridized carbons (Fsp3) is 1.00. The van der Waals surface area contributed by atoms with Crippen LogP contribution in [0.1, 0.15) is 66.7 Å². The number of nitrogens with two attached hydrogens (primary N) is 1. The van der Waals surface area contributed by atoms with Crippen molar-refractivity contribution in [1.29, 1.82) is 0 Å². The maximum atomic E-state index is 6.74. The minimum absolute atomic E-state index is 0.0526. The zero-order valence-electron chi connectivity index (χ0n) is 14.2. The Morgan fingerprint density at radius 3 is 2.10 bits per heavy atom. The van der Waals surface area contributed by atoms with E-state index in [9.17, 15) is 0 Å². The van der Waals surface area contributed by atoms with Crippen LogP contribution in [0.3, 0.4) is 0 Å². The molecule has 1 saturated heterocycles. The molecule has 1 heterocycles. The number of methoxy groups -OCH3 is 1. The van der Waals surface area contributed by atoms with E-state index in [0.717, 1.165) is 25.2 Å². The summed E-state index contributed by atoms with van der Waals surface area (Å²) in [6.45, 7) is 11.0. The molecule has 0 spiro atoms. The van der Waals surface area contributed by atoms with Crippen LogP contribution in [0.2, 0.25) is 0 Å². The molecule has 2 N–H and O–H groups in total. The molecule has 0 radical (unpaired) electrons. The monoisotopic (exact) mass is 283 g/mol. The van der Waals surface area contributed by atoms with Gasteiger partial charge in [0.2, 0.25) is 0 Å². The Bertz CT molecular complexity index is 343. The number of ether oxygens (including phenoxy) is 2. The van der Waals surface area contributed by atoms with Crippen molar-refractivity contribution in [2.75, 3.05) is 7.11 Å². The second-order valence-electron chi connectivity index (χ2n) is 8.25. The van der Waals surface area contributed by atoms with Gasteiger partial charge < -0.3 is 15.2 Å². The Balaban J connectivity index is 2.19. The van der Waals surface area contributed by atoms with Gasteiger partial charge in [0.05, 0.1) is 16.8 Å². The van der Waals surface area contributed by atoms with Crippen molar-refractivity contribution < 1.29 is 9.47 Å². The molecule has 0 bridgehead atoms. The third-order valence-corrected chi connectivity index (χ3v) is 5.71. The molecule has 2 atom stereocenters. The molecule has 1 saturated carbocycles. The first-order chi connectivity index (χ1) is 9.12. The van der Waals surface area contributed by atoms with E-state index in [0.29, 0.717) is 5.92 Å². The average molecular weight is 283 g/mol. The Kier molecular flexibility index (Phi) is 4.27. The maximum absolute atomic E-state index is 6.74. The molecule has 1 aliphatic heterocycles. The molecule has 0 aromatic carbocycles. The molecule has 3 nitrogen and oxygen atoms in total. The third-order valence-electron chi connectivity index (χ3n) is 5.71. The summed E-state index contributed by atoms with van der Waals surface area (Å²) in [6.07, 6.45) is 5.62. The lowest BCUT2D eigenvalue weighted by molar-refractivity contribution is -0.110. The second-order valence-corrected chi connectivity index (χ2v) is 8.25. The van der Waals surface area contributed by atoms with Gasteiger partial charge in [-0.05, 0) is 65.7 Å². The maximum Gasteiger partial charge on any atom is 0.0832 e. The van der Waals surface area contributed by atoms with Gasteiger partial charge in [-0.25, -0.2) is 0 Å². The van der Waals surface area contributed by atoms with Gasteiger partial charge in [0.25, 0.3) is 0 Å². The summed E-state index contributed by atoms with van der Waals surface area (Å²) in [5, 5.41) is 0.